The fraction of sp³-hybridized carbons (Fsp3) is 0.278. The average molecular weight is 344 g/mol. The Hall–Kier alpha value is -2.40. The molecule has 0 spiro atoms. The molecule has 1 saturated heterocycles. The van der Waals surface area contributed by atoms with Crippen molar-refractivity contribution in [2.75, 3.05) is 11.9 Å². The summed E-state index contributed by atoms with van der Waals surface area (Å²) in [6.07, 6.45) is 1.84. The number of aryl methyl sites for hydroxylation is 1. The van der Waals surface area contributed by atoms with Crippen molar-refractivity contribution in [1.29, 1.82) is 0 Å². The molecule has 2 heterocycles. The van der Waals surface area contributed by atoms with Crippen LogP contribution in [0.2, 0.25) is 5.02 Å². The van der Waals surface area contributed by atoms with Crippen LogP contribution in [0.5, 0.6) is 0 Å². The van der Waals surface area contributed by atoms with Gasteiger partial charge in [-0.2, -0.15) is 0 Å². The lowest BCUT2D eigenvalue weighted by Gasteiger charge is -2.17. The molecule has 2 aromatic rings. The van der Waals surface area contributed by atoms with Gasteiger partial charge >= 0.3 is 0 Å². The summed E-state index contributed by atoms with van der Waals surface area (Å²) in [7, 11) is 0. The maximum atomic E-state index is 12.4. The van der Waals surface area contributed by atoms with Crippen molar-refractivity contribution in [2.24, 2.45) is 5.92 Å². The molecule has 0 bridgehead atoms. The first kappa shape index (κ1) is 16.5. The number of halogens is 1. The molecule has 1 aromatic heterocycles. The second-order valence-electron chi connectivity index (χ2n) is 5.92. The maximum absolute atomic E-state index is 12.4. The topological polar surface area (TPSA) is 62.3 Å². The van der Waals surface area contributed by atoms with Gasteiger partial charge in [-0.15, -0.1) is 0 Å². The largest absolute Gasteiger partial charge is 0.337 e. The quantitative estimate of drug-likeness (QED) is 0.928. The minimum absolute atomic E-state index is 0.0344. The lowest BCUT2D eigenvalue weighted by Crippen LogP contribution is -2.28. The van der Waals surface area contributed by atoms with Gasteiger partial charge < -0.3 is 10.2 Å². The van der Waals surface area contributed by atoms with Crippen molar-refractivity contribution >= 4 is 29.2 Å². The summed E-state index contributed by atoms with van der Waals surface area (Å²) in [5.74, 6) is -0.0412. The Bertz CT molecular complexity index is 778. The third-order valence-corrected chi connectivity index (χ3v) is 4.52. The van der Waals surface area contributed by atoms with E-state index in [2.05, 4.69) is 10.3 Å². The van der Waals surface area contributed by atoms with Crippen LogP contribution in [0, 0.1) is 12.8 Å². The molecule has 1 aliphatic rings. The molecule has 0 aliphatic carbocycles. The Balaban J connectivity index is 1.65. The number of nitrogens with one attached hydrogen (secondary N) is 1. The van der Waals surface area contributed by atoms with E-state index < -0.39 is 0 Å². The minimum atomic E-state index is -0.374. The first-order chi connectivity index (χ1) is 11.5. The Kier molecular flexibility index (Phi) is 4.81. The van der Waals surface area contributed by atoms with Crippen LogP contribution in [0.4, 0.5) is 5.82 Å². The number of anilines is 1. The number of hydrogen-bond acceptors (Lipinski definition) is 3. The van der Waals surface area contributed by atoms with E-state index in [9.17, 15) is 9.59 Å². The number of likely N-dealkylation sites (tertiary alicyclic amines) is 1. The summed E-state index contributed by atoms with van der Waals surface area (Å²) in [5, 5.41) is 3.44. The van der Waals surface area contributed by atoms with Crippen LogP contribution in [0.15, 0.2) is 42.6 Å². The molecule has 6 heteroatoms. The van der Waals surface area contributed by atoms with Crippen LogP contribution in [0.1, 0.15) is 17.5 Å². The van der Waals surface area contributed by atoms with Crippen LogP contribution in [0.25, 0.3) is 0 Å². The lowest BCUT2D eigenvalue weighted by molar-refractivity contribution is -0.128. The van der Waals surface area contributed by atoms with Crippen LogP contribution in [-0.4, -0.2) is 28.2 Å². The van der Waals surface area contributed by atoms with Gasteiger partial charge in [0, 0.05) is 30.7 Å². The van der Waals surface area contributed by atoms with Crippen molar-refractivity contribution < 1.29 is 9.59 Å². The maximum Gasteiger partial charge on any atom is 0.230 e. The summed E-state index contributed by atoms with van der Waals surface area (Å²) in [6.45, 7) is 2.69. The minimum Gasteiger partial charge on any atom is -0.337 e. The molecule has 5 nitrogen and oxygen atoms in total. The fourth-order valence-electron chi connectivity index (χ4n) is 2.77. The number of rotatable bonds is 4. The molecular formula is C18H18ClN3O2. The molecule has 1 atom stereocenters. The van der Waals surface area contributed by atoms with Crippen LogP contribution >= 0.6 is 11.6 Å². The lowest BCUT2D eigenvalue weighted by atomic mass is 10.1. The molecule has 0 saturated carbocycles. The molecule has 24 heavy (non-hydrogen) atoms. The average Bonchev–Trinajstić information content (AvgIpc) is 2.93. The molecule has 0 unspecified atom stereocenters. The fourth-order valence-corrected chi connectivity index (χ4v) is 2.96. The molecule has 3 rings (SSSR count). The molecule has 124 valence electrons. The number of amides is 2. The van der Waals surface area contributed by atoms with Gasteiger partial charge in [0.05, 0.1) is 5.92 Å². The summed E-state index contributed by atoms with van der Waals surface area (Å²) in [4.78, 5) is 30.5. The van der Waals surface area contributed by atoms with Crippen LogP contribution < -0.4 is 5.32 Å². The SMILES string of the molecule is Cc1cccnc1NC(=O)[C@H]1CC(=O)N(Cc2ccccc2Cl)C1. The van der Waals surface area contributed by atoms with Gasteiger partial charge in [0.25, 0.3) is 0 Å². The Labute approximate surface area is 145 Å². The Morgan fingerprint density at radius 2 is 2.12 bits per heavy atom. The highest BCUT2D eigenvalue weighted by Crippen LogP contribution is 2.24. The van der Waals surface area contributed by atoms with E-state index in [-0.39, 0.29) is 24.2 Å². The van der Waals surface area contributed by atoms with E-state index >= 15 is 0 Å². The first-order valence-corrected chi connectivity index (χ1v) is 8.16. The van der Waals surface area contributed by atoms with E-state index in [1.165, 1.54) is 0 Å². The van der Waals surface area contributed by atoms with Crippen LogP contribution in [-0.2, 0) is 16.1 Å². The number of hydrogen-bond donors (Lipinski definition) is 1. The standard InChI is InChI=1S/C18H18ClN3O2/c1-12-5-4-8-20-17(12)21-18(24)14-9-16(23)22(11-14)10-13-6-2-3-7-15(13)19/h2-8,14H,9-11H2,1H3,(H,20,21,24)/t14-/m0/s1. The second kappa shape index (κ2) is 7.01. The van der Waals surface area contributed by atoms with Crippen molar-refractivity contribution in [2.45, 2.75) is 19.9 Å². The van der Waals surface area contributed by atoms with E-state index in [4.69, 9.17) is 11.6 Å². The van der Waals surface area contributed by atoms with Crippen molar-refractivity contribution in [1.82, 2.24) is 9.88 Å². The van der Waals surface area contributed by atoms with E-state index in [1.807, 2.05) is 37.3 Å². The Morgan fingerprint density at radius 1 is 1.33 bits per heavy atom. The second-order valence-corrected chi connectivity index (χ2v) is 6.33. The number of benzene rings is 1. The van der Waals surface area contributed by atoms with Gasteiger partial charge in [0.15, 0.2) is 0 Å². The molecule has 1 aromatic carbocycles. The van der Waals surface area contributed by atoms with Crippen molar-refractivity contribution in [3.63, 3.8) is 0 Å². The van der Waals surface area contributed by atoms with Gasteiger partial charge in [0.2, 0.25) is 11.8 Å². The van der Waals surface area contributed by atoms with Gasteiger partial charge in [0.1, 0.15) is 5.82 Å². The van der Waals surface area contributed by atoms with Gasteiger partial charge in [-0.25, -0.2) is 4.98 Å². The highest BCUT2D eigenvalue weighted by atomic mass is 35.5. The van der Waals surface area contributed by atoms with Gasteiger partial charge in [-0.05, 0) is 30.2 Å². The van der Waals surface area contributed by atoms with Gasteiger partial charge in [-0.3, -0.25) is 9.59 Å². The number of pyridine rings is 1. The predicted molar refractivity (Wildman–Crippen MR) is 92.6 cm³/mol. The van der Waals surface area contributed by atoms with Crippen molar-refractivity contribution in [3.8, 4) is 0 Å². The first-order valence-electron chi connectivity index (χ1n) is 7.78. The number of carbonyl (C=O) groups excluding carboxylic acids is 2. The third-order valence-electron chi connectivity index (χ3n) is 4.16. The molecule has 1 fully saturated rings. The zero-order valence-electron chi connectivity index (χ0n) is 13.3. The van der Waals surface area contributed by atoms with Gasteiger partial charge in [-0.1, -0.05) is 35.9 Å². The number of aromatic nitrogens is 1. The summed E-state index contributed by atoms with van der Waals surface area (Å²) in [6, 6.07) is 11.1. The summed E-state index contributed by atoms with van der Waals surface area (Å²) in [5.41, 5.74) is 1.78. The molecule has 1 N–H and O–H groups in total. The zero-order chi connectivity index (χ0) is 17.1. The predicted octanol–water partition coefficient (Wildman–Crippen LogP) is 3.03. The highest BCUT2D eigenvalue weighted by Gasteiger charge is 2.34. The van der Waals surface area contributed by atoms with Crippen LogP contribution in [0.3, 0.4) is 0 Å². The van der Waals surface area contributed by atoms with Crippen molar-refractivity contribution in [3.05, 3.63) is 58.7 Å². The smallest absolute Gasteiger partial charge is 0.230 e. The Morgan fingerprint density at radius 3 is 2.88 bits per heavy atom. The van der Waals surface area contributed by atoms with E-state index in [0.717, 1.165) is 11.1 Å². The summed E-state index contributed by atoms with van der Waals surface area (Å²) < 4.78 is 0. The third kappa shape index (κ3) is 3.57. The summed E-state index contributed by atoms with van der Waals surface area (Å²) >= 11 is 6.15. The van der Waals surface area contributed by atoms with E-state index in [1.54, 1.807) is 17.2 Å². The molecular weight excluding hydrogens is 326 g/mol. The normalized spacial score (nSPS) is 17.2. The monoisotopic (exact) mass is 343 g/mol. The molecule has 2 amide bonds. The number of carbonyl (C=O) groups is 2. The highest BCUT2D eigenvalue weighted by molar-refractivity contribution is 6.31. The number of nitrogens with zero attached hydrogens (tertiary/aromatic N) is 2. The van der Waals surface area contributed by atoms with E-state index in [0.29, 0.717) is 23.9 Å². The molecule has 1 aliphatic heterocycles. The zero-order valence-corrected chi connectivity index (χ0v) is 14.1. The molecule has 0 radical (unpaired) electrons.